The Hall–Kier alpha value is -0.570. The van der Waals surface area contributed by atoms with Gasteiger partial charge in [-0.3, -0.25) is 4.79 Å². The van der Waals surface area contributed by atoms with Crippen molar-refractivity contribution >= 4 is 5.91 Å². The minimum atomic E-state index is 0.375. The first-order valence-corrected chi connectivity index (χ1v) is 7.71. The van der Waals surface area contributed by atoms with Gasteiger partial charge in [0.15, 0.2) is 0 Å². The van der Waals surface area contributed by atoms with E-state index in [-0.39, 0.29) is 0 Å². The molecular formula is C15H28N2O. The van der Waals surface area contributed by atoms with Crippen LogP contribution >= 0.6 is 0 Å². The smallest absolute Gasteiger partial charge is 0.224 e. The molecule has 3 heteroatoms. The normalized spacial score (nSPS) is 28.3. The zero-order valence-electron chi connectivity index (χ0n) is 12.0. The molecule has 0 aromatic rings. The Labute approximate surface area is 111 Å². The van der Waals surface area contributed by atoms with Crippen molar-refractivity contribution < 1.29 is 4.79 Å². The molecule has 2 aliphatic rings. The van der Waals surface area contributed by atoms with E-state index >= 15 is 0 Å². The van der Waals surface area contributed by atoms with Crippen molar-refractivity contribution in [3.63, 3.8) is 0 Å². The first-order chi connectivity index (χ1) is 8.68. The van der Waals surface area contributed by atoms with Crippen molar-refractivity contribution in [1.82, 2.24) is 10.2 Å². The molecule has 18 heavy (non-hydrogen) atoms. The number of hydrogen-bond donors (Lipinski definition) is 1. The minimum absolute atomic E-state index is 0.375. The van der Waals surface area contributed by atoms with Crippen molar-refractivity contribution in [1.29, 1.82) is 0 Å². The fraction of sp³-hybridized carbons (Fsp3) is 0.933. The third-order valence-corrected chi connectivity index (χ3v) is 4.46. The fourth-order valence-electron chi connectivity index (χ4n) is 3.55. The standard InChI is InChI=1S/C15H28N2O/c1-12(2)16-10-9-15(18)17-11-5-7-13-6-3-4-8-14(13)17/h12-14,16H,3-11H2,1-2H3. The minimum Gasteiger partial charge on any atom is -0.339 e. The summed E-state index contributed by atoms with van der Waals surface area (Å²) in [6.45, 7) is 6.08. The predicted octanol–water partition coefficient (Wildman–Crippen LogP) is 2.56. The molecule has 2 unspecified atom stereocenters. The molecule has 1 amide bonds. The Morgan fingerprint density at radius 2 is 1.94 bits per heavy atom. The highest BCUT2D eigenvalue weighted by Crippen LogP contribution is 2.35. The first kappa shape index (κ1) is 13.9. The number of amides is 1. The van der Waals surface area contributed by atoms with Crippen LogP contribution in [0, 0.1) is 5.92 Å². The number of nitrogens with one attached hydrogen (secondary N) is 1. The van der Waals surface area contributed by atoms with Crippen LogP contribution in [0.4, 0.5) is 0 Å². The van der Waals surface area contributed by atoms with Crippen LogP contribution in [0.25, 0.3) is 0 Å². The average Bonchev–Trinajstić information content (AvgIpc) is 2.37. The number of rotatable bonds is 4. The third kappa shape index (κ3) is 3.47. The van der Waals surface area contributed by atoms with Crippen LogP contribution < -0.4 is 5.32 Å². The van der Waals surface area contributed by atoms with E-state index in [9.17, 15) is 4.79 Å². The summed E-state index contributed by atoms with van der Waals surface area (Å²) in [6.07, 6.45) is 8.50. The summed E-state index contributed by atoms with van der Waals surface area (Å²) in [5.74, 6) is 1.18. The molecule has 1 aliphatic carbocycles. The monoisotopic (exact) mass is 252 g/mol. The summed E-state index contributed by atoms with van der Waals surface area (Å²) in [7, 11) is 0. The van der Waals surface area contributed by atoms with Crippen molar-refractivity contribution in [2.45, 2.75) is 70.9 Å². The molecule has 2 rings (SSSR count). The average molecular weight is 252 g/mol. The van der Waals surface area contributed by atoms with Crippen molar-refractivity contribution in [2.24, 2.45) is 5.92 Å². The lowest BCUT2D eigenvalue weighted by Crippen LogP contribution is -2.50. The molecule has 2 atom stereocenters. The third-order valence-electron chi connectivity index (χ3n) is 4.46. The Morgan fingerprint density at radius 1 is 1.22 bits per heavy atom. The zero-order valence-corrected chi connectivity index (χ0v) is 12.0. The van der Waals surface area contributed by atoms with E-state index in [0.717, 1.165) is 19.0 Å². The molecular weight excluding hydrogens is 224 g/mol. The molecule has 1 aliphatic heterocycles. The Morgan fingerprint density at radius 3 is 2.72 bits per heavy atom. The maximum absolute atomic E-state index is 12.3. The van der Waals surface area contributed by atoms with Crippen molar-refractivity contribution in [3.05, 3.63) is 0 Å². The van der Waals surface area contributed by atoms with Crippen molar-refractivity contribution in [3.8, 4) is 0 Å². The van der Waals surface area contributed by atoms with E-state index in [1.807, 2.05) is 0 Å². The highest BCUT2D eigenvalue weighted by atomic mass is 16.2. The molecule has 1 saturated carbocycles. The summed E-state index contributed by atoms with van der Waals surface area (Å²) in [5.41, 5.74) is 0. The number of likely N-dealkylation sites (tertiary alicyclic amines) is 1. The predicted molar refractivity (Wildman–Crippen MR) is 74.4 cm³/mol. The molecule has 0 radical (unpaired) electrons. The van der Waals surface area contributed by atoms with Gasteiger partial charge in [-0.25, -0.2) is 0 Å². The second kappa shape index (κ2) is 6.55. The van der Waals surface area contributed by atoms with Crippen LogP contribution in [0.15, 0.2) is 0 Å². The summed E-state index contributed by atoms with van der Waals surface area (Å²) < 4.78 is 0. The van der Waals surface area contributed by atoms with Crippen LogP contribution in [0.2, 0.25) is 0 Å². The molecule has 0 aromatic heterocycles. The first-order valence-electron chi connectivity index (χ1n) is 7.71. The van der Waals surface area contributed by atoms with Gasteiger partial charge in [0.2, 0.25) is 5.91 Å². The van der Waals surface area contributed by atoms with Gasteiger partial charge in [0, 0.05) is 31.6 Å². The van der Waals surface area contributed by atoms with Gasteiger partial charge in [-0.1, -0.05) is 26.7 Å². The fourth-order valence-corrected chi connectivity index (χ4v) is 3.55. The number of piperidine rings is 1. The van der Waals surface area contributed by atoms with Crippen LogP contribution in [-0.4, -0.2) is 36.0 Å². The molecule has 2 fully saturated rings. The summed E-state index contributed by atoms with van der Waals surface area (Å²) in [4.78, 5) is 14.5. The summed E-state index contributed by atoms with van der Waals surface area (Å²) >= 11 is 0. The zero-order chi connectivity index (χ0) is 13.0. The second-order valence-corrected chi connectivity index (χ2v) is 6.20. The molecule has 1 saturated heterocycles. The second-order valence-electron chi connectivity index (χ2n) is 6.20. The Bertz CT molecular complexity index is 276. The van der Waals surface area contributed by atoms with E-state index in [0.29, 0.717) is 24.4 Å². The number of fused-ring (bicyclic) bond motifs is 1. The Kier molecular flexibility index (Phi) is 5.04. The Balaban J connectivity index is 1.84. The topological polar surface area (TPSA) is 32.3 Å². The summed E-state index contributed by atoms with van der Waals surface area (Å²) in [6, 6.07) is 1.04. The maximum Gasteiger partial charge on any atom is 0.224 e. The molecule has 104 valence electrons. The van der Waals surface area contributed by atoms with Gasteiger partial charge in [0.05, 0.1) is 0 Å². The van der Waals surface area contributed by atoms with Gasteiger partial charge >= 0.3 is 0 Å². The van der Waals surface area contributed by atoms with Gasteiger partial charge in [0.25, 0.3) is 0 Å². The van der Waals surface area contributed by atoms with Gasteiger partial charge in [-0.05, 0) is 31.6 Å². The van der Waals surface area contributed by atoms with Crippen LogP contribution in [0.3, 0.4) is 0 Å². The van der Waals surface area contributed by atoms with Gasteiger partial charge < -0.3 is 10.2 Å². The number of hydrogen-bond acceptors (Lipinski definition) is 2. The molecule has 3 nitrogen and oxygen atoms in total. The van der Waals surface area contributed by atoms with Crippen LogP contribution in [0.5, 0.6) is 0 Å². The van der Waals surface area contributed by atoms with Gasteiger partial charge in [-0.2, -0.15) is 0 Å². The van der Waals surface area contributed by atoms with Gasteiger partial charge in [-0.15, -0.1) is 0 Å². The lowest BCUT2D eigenvalue weighted by atomic mass is 9.78. The molecule has 0 aromatic carbocycles. The highest BCUT2D eigenvalue weighted by molar-refractivity contribution is 5.76. The van der Waals surface area contributed by atoms with E-state index in [1.165, 1.54) is 38.5 Å². The van der Waals surface area contributed by atoms with Crippen LogP contribution in [0.1, 0.15) is 58.8 Å². The number of nitrogens with zero attached hydrogens (tertiary/aromatic N) is 1. The quantitative estimate of drug-likeness (QED) is 0.834. The largest absolute Gasteiger partial charge is 0.339 e. The highest BCUT2D eigenvalue weighted by Gasteiger charge is 2.35. The molecule has 1 heterocycles. The van der Waals surface area contributed by atoms with E-state index in [1.54, 1.807) is 0 Å². The maximum atomic E-state index is 12.3. The summed E-state index contributed by atoms with van der Waals surface area (Å²) in [5, 5.41) is 3.34. The van der Waals surface area contributed by atoms with E-state index in [4.69, 9.17) is 0 Å². The molecule has 0 bridgehead atoms. The van der Waals surface area contributed by atoms with E-state index < -0.39 is 0 Å². The van der Waals surface area contributed by atoms with E-state index in [2.05, 4.69) is 24.1 Å². The number of carbonyl (C=O) groups excluding carboxylic acids is 1. The SMILES string of the molecule is CC(C)NCCC(=O)N1CCCC2CCCCC21. The lowest BCUT2D eigenvalue weighted by molar-refractivity contribution is -0.137. The lowest BCUT2D eigenvalue weighted by Gasteiger charge is -2.44. The van der Waals surface area contributed by atoms with Crippen LogP contribution in [-0.2, 0) is 4.79 Å². The number of carbonyl (C=O) groups is 1. The van der Waals surface area contributed by atoms with Gasteiger partial charge in [0.1, 0.15) is 0 Å². The van der Waals surface area contributed by atoms with Crippen molar-refractivity contribution in [2.75, 3.05) is 13.1 Å². The molecule has 1 N–H and O–H groups in total. The molecule has 0 spiro atoms.